The summed E-state index contributed by atoms with van der Waals surface area (Å²) >= 11 is 8.66. The summed E-state index contributed by atoms with van der Waals surface area (Å²) in [5.74, 6) is 0.569. The van der Waals surface area contributed by atoms with Gasteiger partial charge in [0.2, 0.25) is 5.89 Å². The minimum Gasteiger partial charge on any atom is -0.507 e. The fourth-order valence-corrected chi connectivity index (χ4v) is 4.24. The van der Waals surface area contributed by atoms with Crippen LogP contribution in [-0.4, -0.2) is 27.7 Å². The minimum atomic E-state index is -0.376. The van der Waals surface area contributed by atoms with Crippen molar-refractivity contribution < 1.29 is 19.1 Å². The molecule has 0 radical (unpaired) electrons. The molecule has 0 atom stereocenters. The van der Waals surface area contributed by atoms with E-state index in [1.165, 1.54) is 6.07 Å². The highest BCUT2D eigenvalue weighted by atomic mass is 79.9. The maximum atomic E-state index is 12.5. The van der Waals surface area contributed by atoms with Gasteiger partial charge in [-0.15, -0.1) is 0 Å². The van der Waals surface area contributed by atoms with Crippen molar-refractivity contribution in [1.82, 2.24) is 10.3 Å². The van der Waals surface area contributed by atoms with E-state index in [1.807, 2.05) is 32.9 Å². The minimum absolute atomic E-state index is 0.0319. The van der Waals surface area contributed by atoms with E-state index in [0.717, 1.165) is 16.6 Å². The molecule has 174 valence electrons. The first-order valence-electron chi connectivity index (χ1n) is 10.5. The number of aromatic hydroxyl groups is 1. The Morgan fingerprint density at radius 1 is 1.18 bits per heavy atom. The number of aromatic nitrogens is 1. The molecule has 0 saturated carbocycles. The van der Waals surface area contributed by atoms with Crippen LogP contribution in [0.1, 0.15) is 28.4 Å². The first-order chi connectivity index (χ1) is 16.2. The van der Waals surface area contributed by atoms with Crippen molar-refractivity contribution in [2.75, 3.05) is 11.9 Å². The number of fused-ring (bicyclic) bond motifs is 1. The molecule has 0 spiro atoms. The Kier molecular flexibility index (Phi) is 6.85. The molecule has 34 heavy (non-hydrogen) atoms. The highest BCUT2D eigenvalue weighted by molar-refractivity contribution is 9.10. The number of hydrogen-bond acceptors (Lipinski definition) is 6. The van der Waals surface area contributed by atoms with Crippen LogP contribution >= 0.6 is 28.1 Å². The van der Waals surface area contributed by atoms with Gasteiger partial charge in [0.25, 0.3) is 5.91 Å². The number of phenolic OH excluding ortho intramolecular Hbond substituents is 1. The molecule has 3 N–H and O–H groups in total. The van der Waals surface area contributed by atoms with E-state index < -0.39 is 0 Å². The zero-order chi connectivity index (χ0) is 24.4. The van der Waals surface area contributed by atoms with Gasteiger partial charge in [-0.2, -0.15) is 0 Å². The van der Waals surface area contributed by atoms with Crippen molar-refractivity contribution >= 4 is 56.0 Å². The Morgan fingerprint density at radius 2 is 1.97 bits per heavy atom. The number of nitrogens with one attached hydrogen (secondary N) is 2. The molecule has 0 aliphatic carbocycles. The number of thiocarbonyl (C=S) groups is 1. The van der Waals surface area contributed by atoms with Gasteiger partial charge in [0.05, 0.1) is 16.6 Å². The number of hydrogen-bond donors (Lipinski definition) is 3. The summed E-state index contributed by atoms with van der Waals surface area (Å²) < 4.78 is 12.0. The highest BCUT2D eigenvalue weighted by Gasteiger charge is 2.16. The smallest absolute Gasteiger partial charge is 0.257 e. The van der Waals surface area contributed by atoms with Gasteiger partial charge in [-0.3, -0.25) is 10.1 Å². The predicted octanol–water partition coefficient (Wildman–Crippen LogP) is 6.11. The lowest BCUT2D eigenvalue weighted by atomic mass is 10.1. The maximum Gasteiger partial charge on any atom is 0.257 e. The van der Waals surface area contributed by atoms with E-state index in [1.54, 1.807) is 30.3 Å². The second-order valence-corrected chi connectivity index (χ2v) is 8.93. The molecule has 1 heterocycles. The molecule has 4 rings (SSSR count). The van der Waals surface area contributed by atoms with Gasteiger partial charge in [0, 0.05) is 17.3 Å². The van der Waals surface area contributed by atoms with Crippen molar-refractivity contribution in [2.24, 2.45) is 0 Å². The Balaban J connectivity index is 1.46. The topological polar surface area (TPSA) is 96.6 Å². The van der Waals surface area contributed by atoms with E-state index in [9.17, 15) is 9.90 Å². The summed E-state index contributed by atoms with van der Waals surface area (Å²) in [7, 11) is 0. The molecule has 9 heteroatoms. The number of benzene rings is 3. The highest BCUT2D eigenvalue weighted by Crippen LogP contribution is 2.34. The normalized spacial score (nSPS) is 10.8. The number of carbonyl (C=O) groups is 1. The van der Waals surface area contributed by atoms with E-state index in [0.29, 0.717) is 45.1 Å². The van der Waals surface area contributed by atoms with Crippen LogP contribution in [0.5, 0.6) is 11.5 Å². The number of carbonyl (C=O) groups excluding carboxylic acids is 1. The molecule has 1 amide bonds. The van der Waals surface area contributed by atoms with Crippen LogP contribution in [-0.2, 0) is 0 Å². The molecule has 4 aromatic rings. The number of rotatable bonds is 5. The number of halogens is 1. The first-order valence-corrected chi connectivity index (χ1v) is 11.7. The monoisotopic (exact) mass is 539 g/mol. The summed E-state index contributed by atoms with van der Waals surface area (Å²) in [5, 5.41) is 16.2. The largest absolute Gasteiger partial charge is 0.507 e. The Bertz CT molecular complexity index is 1420. The zero-order valence-corrected chi connectivity index (χ0v) is 21.1. The molecule has 7 nitrogen and oxygen atoms in total. The van der Waals surface area contributed by atoms with Crippen molar-refractivity contribution in [3.63, 3.8) is 0 Å². The van der Waals surface area contributed by atoms with Crippen LogP contribution in [0.4, 0.5) is 5.69 Å². The third-order valence-corrected chi connectivity index (χ3v) is 5.85. The van der Waals surface area contributed by atoms with Crippen LogP contribution in [0.2, 0.25) is 0 Å². The Hall–Kier alpha value is -3.43. The first kappa shape index (κ1) is 23.7. The third kappa shape index (κ3) is 5.05. The SMILES string of the molecule is CCOc1ccc(C(=O)NC(=S)Nc2ccc(-c3nc4cc(C)cc(C)c4o3)c(O)c2)cc1Br. The molecule has 0 fully saturated rings. The molecule has 0 aliphatic heterocycles. The third-order valence-electron chi connectivity index (χ3n) is 5.03. The second-order valence-electron chi connectivity index (χ2n) is 7.67. The summed E-state index contributed by atoms with van der Waals surface area (Å²) in [5.41, 5.74) is 4.86. The maximum absolute atomic E-state index is 12.5. The van der Waals surface area contributed by atoms with Crippen LogP contribution in [0, 0.1) is 13.8 Å². The molecule has 0 saturated heterocycles. The Labute approximate surface area is 210 Å². The molecule has 3 aromatic carbocycles. The lowest BCUT2D eigenvalue weighted by Gasteiger charge is -2.12. The number of oxazole rings is 1. The average molecular weight is 540 g/mol. The van der Waals surface area contributed by atoms with Gasteiger partial charge >= 0.3 is 0 Å². The molecular formula is C25H22BrN3O4S. The van der Waals surface area contributed by atoms with Crippen LogP contribution in [0.25, 0.3) is 22.6 Å². The fraction of sp³-hybridized carbons (Fsp3) is 0.160. The number of ether oxygens (including phenoxy) is 1. The standard InChI is InChI=1S/C25H22BrN3O4S/c1-4-32-21-8-5-15(11-18(21)26)23(31)29-25(34)27-16-6-7-17(20(30)12-16)24-28-19-10-13(2)9-14(3)22(19)33-24/h5-12,30H,4H2,1-3H3,(H2,27,29,31,34). The predicted molar refractivity (Wildman–Crippen MR) is 140 cm³/mol. The molecule has 0 unspecified atom stereocenters. The molecule has 1 aromatic heterocycles. The van der Waals surface area contributed by atoms with Gasteiger partial charge in [-0.05, 0) is 96.4 Å². The number of nitrogens with zero attached hydrogens (tertiary/aromatic N) is 1. The number of phenols is 1. The summed E-state index contributed by atoms with van der Waals surface area (Å²) in [6.45, 7) is 6.36. The van der Waals surface area contributed by atoms with E-state index in [-0.39, 0.29) is 16.8 Å². The van der Waals surface area contributed by atoms with Gasteiger partial charge in [0.15, 0.2) is 10.7 Å². The quantitative estimate of drug-likeness (QED) is 0.263. The summed E-state index contributed by atoms with van der Waals surface area (Å²) in [6.07, 6.45) is 0. The molecular weight excluding hydrogens is 518 g/mol. The van der Waals surface area contributed by atoms with Crippen molar-refractivity contribution in [3.05, 3.63) is 69.7 Å². The van der Waals surface area contributed by atoms with Crippen molar-refractivity contribution in [3.8, 4) is 23.0 Å². The second kappa shape index (κ2) is 9.82. The lowest BCUT2D eigenvalue weighted by Crippen LogP contribution is -2.34. The van der Waals surface area contributed by atoms with E-state index >= 15 is 0 Å². The number of aryl methyl sites for hydroxylation is 2. The van der Waals surface area contributed by atoms with Crippen LogP contribution < -0.4 is 15.4 Å². The van der Waals surface area contributed by atoms with Gasteiger partial charge in [0.1, 0.15) is 17.0 Å². The zero-order valence-electron chi connectivity index (χ0n) is 18.7. The lowest BCUT2D eigenvalue weighted by molar-refractivity contribution is 0.0977. The number of anilines is 1. The fourth-order valence-electron chi connectivity index (χ4n) is 3.53. The van der Waals surface area contributed by atoms with E-state index in [2.05, 4.69) is 31.5 Å². The van der Waals surface area contributed by atoms with Gasteiger partial charge in [-0.1, -0.05) is 6.07 Å². The van der Waals surface area contributed by atoms with E-state index in [4.69, 9.17) is 21.4 Å². The van der Waals surface area contributed by atoms with Crippen molar-refractivity contribution in [2.45, 2.75) is 20.8 Å². The van der Waals surface area contributed by atoms with Gasteiger partial charge in [-0.25, -0.2) is 4.98 Å². The number of amides is 1. The van der Waals surface area contributed by atoms with Crippen molar-refractivity contribution in [1.29, 1.82) is 0 Å². The summed E-state index contributed by atoms with van der Waals surface area (Å²) in [6, 6.07) is 13.9. The molecule has 0 aliphatic rings. The van der Waals surface area contributed by atoms with Crippen LogP contribution in [0.3, 0.4) is 0 Å². The summed E-state index contributed by atoms with van der Waals surface area (Å²) in [4.78, 5) is 17.1. The average Bonchev–Trinajstić information content (AvgIpc) is 3.19. The Morgan fingerprint density at radius 3 is 2.68 bits per heavy atom. The molecule has 0 bridgehead atoms. The van der Waals surface area contributed by atoms with Gasteiger partial charge < -0.3 is 19.6 Å². The van der Waals surface area contributed by atoms with Crippen LogP contribution in [0.15, 0.2) is 57.4 Å².